The molecule has 0 radical (unpaired) electrons. The molecule has 1 saturated heterocycles. The van der Waals surface area contributed by atoms with Crippen molar-refractivity contribution < 1.29 is 28.5 Å². The molecule has 27 heavy (non-hydrogen) atoms. The van der Waals surface area contributed by atoms with Crippen molar-refractivity contribution in [3.63, 3.8) is 0 Å². The lowest BCUT2D eigenvalue weighted by molar-refractivity contribution is -0.141. The van der Waals surface area contributed by atoms with Gasteiger partial charge in [0.2, 0.25) is 6.79 Å². The number of carbonyl (C=O) groups excluding carboxylic acids is 1. The van der Waals surface area contributed by atoms with E-state index in [1.54, 1.807) is 14.2 Å². The van der Waals surface area contributed by atoms with Gasteiger partial charge in [0.1, 0.15) is 0 Å². The van der Waals surface area contributed by atoms with Crippen LogP contribution in [0.15, 0.2) is 24.3 Å². The fraction of sp³-hybridized carbons (Fsp3) is 0.381. The predicted molar refractivity (Wildman–Crippen MR) is 96.5 cm³/mol. The van der Waals surface area contributed by atoms with Gasteiger partial charge in [0.15, 0.2) is 23.0 Å². The molecule has 5 rings (SSSR count). The number of rotatable bonds is 2. The van der Waals surface area contributed by atoms with Gasteiger partial charge in [-0.05, 0) is 47.7 Å². The molecule has 3 aliphatic rings. The van der Waals surface area contributed by atoms with E-state index in [2.05, 4.69) is 0 Å². The number of esters is 1. The highest BCUT2D eigenvalue weighted by molar-refractivity contribution is 5.84. The van der Waals surface area contributed by atoms with Crippen LogP contribution in [-0.4, -0.2) is 33.6 Å². The van der Waals surface area contributed by atoms with Crippen molar-refractivity contribution in [2.45, 2.75) is 12.8 Å². The summed E-state index contributed by atoms with van der Waals surface area (Å²) in [4.78, 5) is 12.3. The summed E-state index contributed by atoms with van der Waals surface area (Å²) < 4.78 is 27.8. The third-order valence-electron chi connectivity index (χ3n) is 5.73. The second-order valence-corrected chi connectivity index (χ2v) is 7.10. The fourth-order valence-electron chi connectivity index (χ4n) is 4.39. The van der Waals surface area contributed by atoms with Crippen molar-refractivity contribution in [3.05, 3.63) is 35.4 Å². The molecular formula is C21H20O6. The molecule has 2 aliphatic heterocycles. The number of ether oxygens (including phenoxy) is 5. The van der Waals surface area contributed by atoms with E-state index in [0.717, 1.165) is 40.2 Å². The normalized spacial score (nSPS) is 22.1. The molecule has 0 amide bonds. The molecule has 0 spiro atoms. The van der Waals surface area contributed by atoms with E-state index >= 15 is 0 Å². The molecule has 0 unspecified atom stereocenters. The van der Waals surface area contributed by atoms with Crippen molar-refractivity contribution in [2.75, 3.05) is 27.6 Å². The number of hydrogen-bond donors (Lipinski definition) is 0. The first-order valence-corrected chi connectivity index (χ1v) is 9.03. The first-order chi connectivity index (χ1) is 13.2. The van der Waals surface area contributed by atoms with Crippen LogP contribution in [0.5, 0.6) is 23.0 Å². The van der Waals surface area contributed by atoms with Gasteiger partial charge in [-0.1, -0.05) is 6.07 Å². The Labute approximate surface area is 156 Å². The lowest BCUT2D eigenvalue weighted by Crippen LogP contribution is -2.23. The third-order valence-corrected chi connectivity index (χ3v) is 5.73. The van der Waals surface area contributed by atoms with Gasteiger partial charge in [-0.15, -0.1) is 0 Å². The Morgan fingerprint density at radius 3 is 2.56 bits per heavy atom. The van der Waals surface area contributed by atoms with Crippen LogP contribution in [0.3, 0.4) is 0 Å². The molecule has 2 aromatic rings. The number of carbonyl (C=O) groups is 1. The van der Waals surface area contributed by atoms with Crippen LogP contribution in [-0.2, 0) is 22.4 Å². The molecule has 1 fully saturated rings. The predicted octanol–water partition coefficient (Wildman–Crippen LogP) is 2.99. The maximum absolute atomic E-state index is 12.3. The smallest absolute Gasteiger partial charge is 0.309 e. The quantitative estimate of drug-likeness (QED) is 0.760. The third kappa shape index (κ3) is 2.43. The van der Waals surface area contributed by atoms with Crippen molar-refractivity contribution in [1.29, 1.82) is 0 Å². The van der Waals surface area contributed by atoms with Crippen LogP contribution < -0.4 is 18.9 Å². The minimum Gasteiger partial charge on any atom is -0.493 e. The zero-order valence-electron chi connectivity index (χ0n) is 15.2. The summed E-state index contributed by atoms with van der Waals surface area (Å²) in [5.41, 5.74) is 4.12. The fourth-order valence-corrected chi connectivity index (χ4v) is 4.39. The van der Waals surface area contributed by atoms with Crippen LogP contribution in [0, 0.1) is 11.8 Å². The van der Waals surface area contributed by atoms with Gasteiger partial charge in [0.25, 0.3) is 0 Å². The standard InChI is InChI=1S/C21H20O6/c1-23-16-4-3-11-6-15-13(9-25-21(15)22)5-12-7-17-18(27-10-26-17)8-14(12)19(11)20(16)24-2/h3-4,7-8,13,15H,5-6,9-10H2,1-2H3/t13-,15+/m0/s1. The lowest BCUT2D eigenvalue weighted by Gasteiger charge is -2.26. The number of hydrogen-bond acceptors (Lipinski definition) is 6. The van der Waals surface area contributed by atoms with Crippen LogP contribution in [0.4, 0.5) is 0 Å². The topological polar surface area (TPSA) is 63.2 Å². The minimum absolute atomic E-state index is 0.120. The highest BCUT2D eigenvalue weighted by Gasteiger charge is 2.40. The van der Waals surface area contributed by atoms with Crippen LogP contribution in [0.25, 0.3) is 11.1 Å². The number of cyclic esters (lactones) is 1. The second kappa shape index (κ2) is 6.08. The van der Waals surface area contributed by atoms with E-state index in [4.69, 9.17) is 23.7 Å². The summed E-state index contributed by atoms with van der Waals surface area (Å²) in [5, 5.41) is 0. The zero-order valence-corrected chi connectivity index (χ0v) is 15.2. The average Bonchev–Trinajstić information content (AvgIpc) is 3.26. The Bertz CT molecular complexity index is 935. The van der Waals surface area contributed by atoms with Gasteiger partial charge < -0.3 is 23.7 Å². The number of benzene rings is 2. The van der Waals surface area contributed by atoms with Crippen molar-refractivity contribution in [2.24, 2.45) is 11.8 Å². The summed E-state index contributed by atoms with van der Waals surface area (Å²) in [6.45, 7) is 0.675. The van der Waals surface area contributed by atoms with Gasteiger partial charge in [-0.3, -0.25) is 4.79 Å². The minimum atomic E-state index is -0.152. The molecular weight excluding hydrogens is 348 g/mol. The number of fused-ring (bicyclic) bond motifs is 5. The summed E-state index contributed by atoms with van der Waals surface area (Å²) in [7, 11) is 3.26. The van der Waals surface area contributed by atoms with Gasteiger partial charge in [0, 0.05) is 11.5 Å². The Morgan fingerprint density at radius 1 is 0.963 bits per heavy atom. The summed E-state index contributed by atoms with van der Waals surface area (Å²) in [6, 6.07) is 7.93. The molecule has 0 saturated carbocycles. The Balaban J connectivity index is 1.78. The lowest BCUT2D eigenvalue weighted by atomic mass is 9.78. The Hall–Kier alpha value is -2.89. The maximum atomic E-state index is 12.3. The molecule has 2 heterocycles. The SMILES string of the molecule is COc1ccc2c(c1OC)-c1cc3c(cc1C[C@H]1COC(=O)[C@@H]1C2)OCO3. The van der Waals surface area contributed by atoms with Crippen molar-refractivity contribution in [3.8, 4) is 34.1 Å². The number of methoxy groups -OCH3 is 2. The van der Waals surface area contributed by atoms with Crippen LogP contribution >= 0.6 is 0 Å². The second-order valence-electron chi connectivity index (χ2n) is 7.10. The molecule has 2 atom stereocenters. The van der Waals surface area contributed by atoms with E-state index in [-0.39, 0.29) is 24.6 Å². The summed E-state index contributed by atoms with van der Waals surface area (Å²) >= 11 is 0. The van der Waals surface area contributed by atoms with Crippen LogP contribution in [0.1, 0.15) is 11.1 Å². The highest BCUT2D eigenvalue weighted by Crippen LogP contribution is 2.49. The monoisotopic (exact) mass is 368 g/mol. The maximum Gasteiger partial charge on any atom is 0.309 e. The zero-order chi connectivity index (χ0) is 18.5. The Kier molecular flexibility index (Phi) is 3.67. The molecule has 6 heteroatoms. The summed E-state index contributed by atoms with van der Waals surface area (Å²) in [5.74, 6) is 2.66. The van der Waals surface area contributed by atoms with Crippen molar-refractivity contribution >= 4 is 5.97 Å². The van der Waals surface area contributed by atoms with Gasteiger partial charge in [0.05, 0.1) is 26.7 Å². The van der Waals surface area contributed by atoms with E-state index in [0.29, 0.717) is 24.5 Å². The van der Waals surface area contributed by atoms with E-state index in [9.17, 15) is 4.79 Å². The molecule has 6 nitrogen and oxygen atoms in total. The average molecular weight is 368 g/mol. The highest BCUT2D eigenvalue weighted by atomic mass is 16.7. The molecule has 0 bridgehead atoms. The van der Waals surface area contributed by atoms with E-state index < -0.39 is 0 Å². The van der Waals surface area contributed by atoms with Crippen molar-refractivity contribution in [1.82, 2.24) is 0 Å². The Morgan fingerprint density at radius 2 is 1.78 bits per heavy atom. The van der Waals surface area contributed by atoms with E-state index in [1.165, 1.54) is 0 Å². The first-order valence-electron chi connectivity index (χ1n) is 9.03. The van der Waals surface area contributed by atoms with E-state index in [1.807, 2.05) is 24.3 Å². The van der Waals surface area contributed by atoms with Gasteiger partial charge in [-0.25, -0.2) is 0 Å². The molecule has 0 aromatic heterocycles. The van der Waals surface area contributed by atoms with Gasteiger partial charge >= 0.3 is 5.97 Å². The molecule has 1 aliphatic carbocycles. The molecule has 2 aromatic carbocycles. The summed E-state index contributed by atoms with van der Waals surface area (Å²) in [6.07, 6.45) is 1.36. The van der Waals surface area contributed by atoms with Gasteiger partial charge in [-0.2, -0.15) is 0 Å². The van der Waals surface area contributed by atoms with Crippen LogP contribution in [0.2, 0.25) is 0 Å². The molecule has 140 valence electrons. The molecule has 0 N–H and O–H groups in total. The first kappa shape index (κ1) is 16.3. The largest absolute Gasteiger partial charge is 0.493 e.